The molecule has 0 aliphatic carbocycles. The molecule has 15 heavy (non-hydrogen) atoms. The zero-order valence-electron chi connectivity index (χ0n) is 10.3. The molecule has 1 heteroatoms. The van der Waals surface area contributed by atoms with Crippen molar-refractivity contribution in [2.45, 2.75) is 34.1 Å². The van der Waals surface area contributed by atoms with Crippen molar-refractivity contribution in [2.75, 3.05) is 0 Å². The summed E-state index contributed by atoms with van der Waals surface area (Å²) in [6.07, 6.45) is 6.65. The van der Waals surface area contributed by atoms with Gasteiger partial charge in [0.1, 0.15) is 0 Å². The van der Waals surface area contributed by atoms with Crippen LogP contribution in [0.15, 0.2) is 53.2 Å². The van der Waals surface area contributed by atoms with Crippen LogP contribution in [0.1, 0.15) is 34.1 Å². The molecule has 0 aromatic heterocycles. The van der Waals surface area contributed by atoms with Crippen molar-refractivity contribution in [1.29, 1.82) is 0 Å². The Kier molecular flexibility index (Phi) is 6.35. The number of hydrogen-bond donors (Lipinski definition) is 0. The monoisotopic (exact) mass is 203 g/mol. The van der Waals surface area contributed by atoms with E-state index in [1.165, 1.54) is 0 Å². The van der Waals surface area contributed by atoms with Gasteiger partial charge in [0.15, 0.2) is 0 Å². The Labute approximate surface area is 93.6 Å². The lowest BCUT2D eigenvalue weighted by atomic mass is 10.1. The third-order valence-corrected chi connectivity index (χ3v) is 2.22. The number of rotatable bonds is 5. The lowest BCUT2D eigenvalue weighted by molar-refractivity contribution is 1.21. The van der Waals surface area contributed by atoms with Gasteiger partial charge < -0.3 is 0 Å². The Morgan fingerprint density at radius 3 is 2.13 bits per heavy atom. The Balaban J connectivity index is 5.27. The molecule has 82 valence electrons. The van der Waals surface area contributed by atoms with Crippen molar-refractivity contribution < 1.29 is 0 Å². The first-order valence-electron chi connectivity index (χ1n) is 5.23. The molecule has 1 nitrogen and oxygen atoms in total. The molecule has 0 N–H and O–H groups in total. The molecular weight excluding hydrogens is 182 g/mol. The van der Waals surface area contributed by atoms with Crippen molar-refractivity contribution in [1.82, 2.24) is 0 Å². The van der Waals surface area contributed by atoms with Crippen molar-refractivity contribution in [2.24, 2.45) is 4.99 Å². The minimum absolute atomic E-state index is 0.967. The van der Waals surface area contributed by atoms with Crippen LogP contribution in [-0.4, -0.2) is 5.71 Å². The summed E-state index contributed by atoms with van der Waals surface area (Å²) < 4.78 is 0. The maximum Gasteiger partial charge on any atom is 0.0660 e. The average molecular weight is 203 g/mol. The Morgan fingerprint density at radius 1 is 1.13 bits per heavy atom. The summed E-state index contributed by atoms with van der Waals surface area (Å²) in [4.78, 5) is 4.55. The molecule has 0 rings (SSSR count). The summed E-state index contributed by atoms with van der Waals surface area (Å²) in [5.41, 5.74) is 4.30. The van der Waals surface area contributed by atoms with Gasteiger partial charge in [-0.25, -0.2) is 0 Å². The fourth-order valence-electron chi connectivity index (χ4n) is 0.898. The molecule has 0 amide bonds. The Hall–Kier alpha value is -1.37. The summed E-state index contributed by atoms with van der Waals surface area (Å²) >= 11 is 0. The van der Waals surface area contributed by atoms with Crippen LogP contribution >= 0.6 is 0 Å². The van der Waals surface area contributed by atoms with Gasteiger partial charge in [-0.2, -0.15) is 0 Å². The number of allylic oxidation sites excluding steroid dienone is 5. The largest absolute Gasteiger partial charge is 0.258 e. The molecule has 0 bridgehead atoms. The average Bonchev–Trinajstić information content (AvgIpc) is 2.26. The van der Waals surface area contributed by atoms with Crippen molar-refractivity contribution in [3.63, 3.8) is 0 Å². The van der Waals surface area contributed by atoms with Crippen molar-refractivity contribution in [3.8, 4) is 0 Å². The molecule has 0 aliphatic heterocycles. The van der Waals surface area contributed by atoms with E-state index < -0.39 is 0 Å². The summed E-state index contributed by atoms with van der Waals surface area (Å²) in [7, 11) is 0. The van der Waals surface area contributed by atoms with Crippen LogP contribution in [0.5, 0.6) is 0 Å². The van der Waals surface area contributed by atoms with Crippen molar-refractivity contribution in [3.05, 3.63) is 48.2 Å². The van der Waals surface area contributed by atoms with E-state index in [9.17, 15) is 0 Å². The summed E-state index contributed by atoms with van der Waals surface area (Å²) in [5.74, 6) is 0. The highest BCUT2D eigenvalue weighted by atomic mass is 14.7. The van der Waals surface area contributed by atoms with E-state index in [-0.39, 0.29) is 0 Å². The third-order valence-electron chi connectivity index (χ3n) is 2.22. The molecule has 0 radical (unpaired) electrons. The van der Waals surface area contributed by atoms with Gasteiger partial charge in [-0.3, -0.25) is 4.99 Å². The van der Waals surface area contributed by atoms with Gasteiger partial charge in [-0.15, -0.1) is 0 Å². The zero-order chi connectivity index (χ0) is 11.8. The molecule has 0 heterocycles. The predicted octanol–water partition coefficient (Wildman–Crippen LogP) is 4.45. The number of hydrogen-bond acceptors (Lipinski definition) is 1. The van der Waals surface area contributed by atoms with Crippen LogP contribution in [0.2, 0.25) is 0 Å². The van der Waals surface area contributed by atoms with Crippen LogP contribution in [0, 0.1) is 0 Å². The highest BCUT2D eigenvalue weighted by Crippen LogP contribution is 2.12. The van der Waals surface area contributed by atoms with Gasteiger partial charge in [-0.1, -0.05) is 32.2 Å². The van der Waals surface area contributed by atoms with E-state index in [1.54, 1.807) is 0 Å². The van der Waals surface area contributed by atoms with E-state index in [2.05, 4.69) is 25.1 Å². The number of aliphatic imine (C=N–C) groups is 1. The summed E-state index contributed by atoms with van der Waals surface area (Å²) in [6, 6.07) is 0. The maximum absolute atomic E-state index is 4.55. The quantitative estimate of drug-likeness (QED) is 0.462. The second kappa shape index (κ2) is 6.99. The molecule has 0 aliphatic rings. The molecule has 0 atom stereocenters. The normalized spacial score (nSPS) is 14.7. The Morgan fingerprint density at radius 2 is 1.73 bits per heavy atom. The molecule has 0 unspecified atom stereocenters. The van der Waals surface area contributed by atoms with Crippen molar-refractivity contribution >= 4 is 5.71 Å². The molecule has 0 saturated heterocycles. The molecule has 0 fully saturated rings. The van der Waals surface area contributed by atoms with Gasteiger partial charge in [0, 0.05) is 5.71 Å². The highest BCUT2D eigenvalue weighted by molar-refractivity contribution is 5.83. The fourth-order valence-corrected chi connectivity index (χ4v) is 0.898. The predicted molar refractivity (Wildman–Crippen MR) is 70.3 cm³/mol. The van der Waals surface area contributed by atoms with Gasteiger partial charge in [-0.05, 0) is 44.4 Å². The van der Waals surface area contributed by atoms with E-state index in [0.29, 0.717) is 0 Å². The molecule has 0 aromatic carbocycles. The minimum Gasteiger partial charge on any atom is -0.258 e. The standard InChI is InChI=1S/C14H21N/c1-7-11(4)10-14(12(5)8-2)15-13(6)9-3/h7-8,10H,1-2,9H2,3-6H3/b11-10-,14-12+,15-13?. The van der Waals surface area contributed by atoms with E-state index >= 15 is 0 Å². The second-order valence-corrected chi connectivity index (χ2v) is 3.57. The molecular formula is C14H21N. The fraction of sp³-hybridized carbons (Fsp3) is 0.357. The lowest BCUT2D eigenvalue weighted by Gasteiger charge is -2.02. The summed E-state index contributed by atoms with van der Waals surface area (Å²) in [6.45, 7) is 15.7. The highest BCUT2D eigenvalue weighted by Gasteiger charge is 1.96. The zero-order valence-corrected chi connectivity index (χ0v) is 10.3. The van der Waals surface area contributed by atoms with Gasteiger partial charge in [0.25, 0.3) is 0 Å². The van der Waals surface area contributed by atoms with Gasteiger partial charge in [0.05, 0.1) is 5.70 Å². The van der Waals surface area contributed by atoms with E-state index in [0.717, 1.165) is 29.0 Å². The van der Waals surface area contributed by atoms with Crippen LogP contribution in [0.25, 0.3) is 0 Å². The minimum atomic E-state index is 0.967. The first-order chi connectivity index (χ1) is 7.04. The molecule has 0 aromatic rings. The second-order valence-electron chi connectivity index (χ2n) is 3.57. The van der Waals surface area contributed by atoms with Gasteiger partial charge >= 0.3 is 0 Å². The maximum atomic E-state index is 4.55. The van der Waals surface area contributed by atoms with E-state index in [1.807, 2.05) is 39.0 Å². The topological polar surface area (TPSA) is 12.4 Å². The smallest absolute Gasteiger partial charge is 0.0660 e. The lowest BCUT2D eigenvalue weighted by Crippen LogP contribution is -1.90. The Bertz CT molecular complexity index is 327. The molecule has 0 saturated carbocycles. The first-order valence-corrected chi connectivity index (χ1v) is 5.23. The van der Waals surface area contributed by atoms with Crippen LogP contribution in [-0.2, 0) is 0 Å². The van der Waals surface area contributed by atoms with E-state index in [4.69, 9.17) is 0 Å². The number of nitrogens with zero attached hydrogens (tertiary/aromatic N) is 1. The van der Waals surface area contributed by atoms with Gasteiger partial charge in [0.2, 0.25) is 0 Å². The SMILES string of the molecule is C=C/C(C)=C\C(N=C(C)CC)=C(\C)C=C. The summed E-state index contributed by atoms with van der Waals surface area (Å²) in [5, 5.41) is 0. The first kappa shape index (κ1) is 13.6. The molecule has 0 spiro atoms. The van der Waals surface area contributed by atoms with Crippen LogP contribution < -0.4 is 0 Å². The van der Waals surface area contributed by atoms with Crippen LogP contribution in [0.3, 0.4) is 0 Å². The third kappa shape index (κ3) is 5.16. The van der Waals surface area contributed by atoms with Crippen LogP contribution in [0.4, 0.5) is 0 Å².